The average molecular weight is 566 g/mol. The van der Waals surface area contributed by atoms with Crippen LogP contribution in [0.25, 0.3) is 51.1 Å². The molecule has 0 saturated heterocycles. The van der Waals surface area contributed by atoms with Gasteiger partial charge in [0.25, 0.3) is 0 Å². The third-order valence-corrected chi connectivity index (χ3v) is 8.74. The number of nitrogens with zero attached hydrogens (tertiary/aromatic N) is 5. The third kappa shape index (κ3) is 3.76. The van der Waals surface area contributed by atoms with Gasteiger partial charge < -0.3 is 4.57 Å². The molecule has 2 aromatic heterocycles. The smallest absolute Gasteiger partial charge is 0.238 e. The van der Waals surface area contributed by atoms with Crippen LogP contribution in [0, 0.1) is 0 Å². The van der Waals surface area contributed by atoms with Crippen LogP contribution in [0.2, 0.25) is 0 Å². The minimum atomic E-state index is 0.169. The third-order valence-electron chi connectivity index (χ3n) is 8.74. The minimum absolute atomic E-state index is 0.169. The largest absolute Gasteiger partial charge is 0.307 e. The maximum Gasteiger partial charge on any atom is 0.238 e. The van der Waals surface area contributed by atoms with Gasteiger partial charge >= 0.3 is 0 Å². The fourth-order valence-corrected chi connectivity index (χ4v) is 6.85. The van der Waals surface area contributed by atoms with Crippen LogP contribution in [0.5, 0.6) is 0 Å². The first-order valence-electron chi connectivity index (χ1n) is 15.0. The van der Waals surface area contributed by atoms with Gasteiger partial charge in [-0.25, -0.2) is 4.98 Å². The van der Waals surface area contributed by atoms with Crippen LogP contribution >= 0.6 is 0 Å². The number of anilines is 2. The van der Waals surface area contributed by atoms with Crippen molar-refractivity contribution in [2.45, 2.75) is 12.3 Å². The van der Waals surface area contributed by atoms with Crippen molar-refractivity contribution in [3.63, 3.8) is 0 Å². The van der Waals surface area contributed by atoms with Crippen LogP contribution in [-0.2, 0) is 0 Å². The van der Waals surface area contributed by atoms with Crippen LogP contribution in [0.4, 0.5) is 11.6 Å². The Labute approximate surface area is 254 Å². The Hall–Kier alpha value is -5.81. The van der Waals surface area contributed by atoms with Gasteiger partial charge in [0.15, 0.2) is 11.6 Å². The van der Waals surface area contributed by atoms with Gasteiger partial charge in [0.2, 0.25) is 5.95 Å². The van der Waals surface area contributed by atoms with Crippen LogP contribution in [0.1, 0.15) is 17.9 Å². The van der Waals surface area contributed by atoms with E-state index >= 15 is 0 Å². The Morgan fingerprint density at radius 2 is 1.16 bits per heavy atom. The number of hydrogen-bond acceptors (Lipinski definition) is 4. The summed E-state index contributed by atoms with van der Waals surface area (Å²) in [6, 6.07) is 48.5. The van der Waals surface area contributed by atoms with Crippen molar-refractivity contribution in [3.05, 3.63) is 156 Å². The molecular weight excluding hydrogens is 538 g/mol. The maximum atomic E-state index is 5.19. The Morgan fingerprint density at radius 3 is 1.86 bits per heavy atom. The van der Waals surface area contributed by atoms with Crippen molar-refractivity contribution in [3.8, 4) is 28.5 Å². The lowest BCUT2D eigenvalue weighted by molar-refractivity contribution is 0.881. The molecule has 5 aromatic carbocycles. The van der Waals surface area contributed by atoms with Crippen molar-refractivity contribution in [2.24, 2.45) is 0 Å². The van der Waals surface area contributed by atoms with E-state index in [1.807, 2.05) is 36.4 Å². The van der Waals surface area contributed by atoms with E-state index < -0.39 is 0 Å². The molecule has 0 amide bonds. The Morgan fingerprint density at radius 1 is 0.568 bits per heavy atom. The van der Waals surface area contributed by atoms with E-state index in [0.717, 1.165) is 28.9 Å². The first-order valence-corrected chi connectivity index (χ1v) is 15.0. The number of hydrogen-bond donors (Lipinski definition) is 0. The highest BCUT2D eigenvalue weighted by atomic mass is 15.3. The fourth-order valence-electron chi connectivity index (χ4n) is 6.85. The average Bonchev–Trinajstić information content (AvgIpc) is 3.62. The van der Waals surface area contributed by atoms with Crippen molar-refractivity contribution in [1.29, 1.82) is 0 Å². The molecule has 3 heterocycles. The van der Waals surface area contributed by atoms with E-state index in [4.69, 9.17) is 15.0 Å². The second-order valence-corrected chi connectivity index (χ2v) is 11.2. The zero-order chi connectivity index (χ0) is 29.0. The molecule has 1 unspecified atom stereocenters. The Kier molecular flexibility index (Phi) is 5.56. The quantitative estimate of drug-likeness (QED) is 0.224. The van der Waals surface area contributed by atoms with Crippen molar-refractivity contribution < 1.29 is 0 Å². The molecule has 2 aliphatic rings. The molecule has 0 radical (unpaired) electrons. The highest BCUT2D eigenvalue weighted by Gasteiger charge is 2.39. The molecule has 44 heavy (non-hydrogen) atoms. The Balaban J connectivity index is 1.41. The lowest BCUT2D eigenvalue weighted by Gasteiger charge is -2.24. The first kappa shape index (κ1) is 24.8. The summed E-state index contributed by atoms with van der Waals surface area (Å²) in [5, 5.41) is 3.70. The van der Waals surface area contributed by atoms with Gasteiger partial charge in [-0.3, -0.25) is 4.90 Å². The standard InChI is InChI=1S/C39H27N5/c1-4-14-26(15-5-1)37-40-38(27-16-6-2-7-17-27)42-39(41-37)44-34-23-13-11-21-30(34)32-25-24-31-29-20-10-12-22-33(29)43(35(31)36(32)44)28-18-8-3-9-19-28/h1-24,32H,25H2. The molecule has 5 heteroatoms. The summed E-state index contributed by atoms with van der Waals surface area (Å²) < 4.78 is 2.42. The zero-order valence-corrected chi connectivity index (χ0v) is 23.9. The van der Waals surface area contributed by atoms with Crippen molar-refractivity contribution in [1.82, 2.24) is 19.5 Å². The number of rotatable bonds is 4. The number of benzene rings is 5. The lowest BCUT2D eigenvalue weighted by atomic mass is 9.91. The summed E-state index contributed by atoms with van der Waals surface area (Å²) in [6.07, 6.45) is 3.32. The molecule has 1 aliphatic heterocycles. The summed E-state index contributed by atoms with van der Waals surface area (Å²) in [5.74, 6) is 2.10. The van der Waals surface area contributed by atoms with Gasteiger partial charge in [0, 0.05) is 33.3 Å². The zero-order valence-electron chi connectivity index (χ0n) is 23.9. The van der Waals surface area contributed by atoms with Gasteiger partial charge in [-0.1, -0.05) is 121 Å². The molecule has 0 saturated carbocycles. The minimum Gasteiger partial charge on any atom is -0.307 e. The molecule has 5 nitrogen and oxygen atoms in total. The molecule has 208 valence electrons. The monoisotopic (exact) mass is 565 g/mol. The topological polar surface area (TPSA) is 46.8 Å². The van der Waals surface area contributed by atoms with Crippen LogP contribution in [-0.4, -0.2) is 19.5 Å². The van der Waals surface area contributed by atoms with Gasteiger partial charge in [0.1, 0.15) is 0 Å². The van der Waals surface area contributed by atoms with E-state index in [-0.39, 0.29) is 5.92 Å². The van der Waals surface area contributed by atoms with E-state index in [1.54, 1.807) is 0 Å². The van der Waals surface area contributed by atoms with Crippen LogP contribution in [0.3, 0.4) is 0 Å². The number of fused-ring (bicyclic) bond motifs is 6. The summed E-state index contributed by atoms with van der Waals surface area (Å²) in [5.41, 5.74) is 7.84. The summed E-state index contributed by atoms with van der Waals surface area (Å²) in [6.45, 7) is 0. The van der Waals surface area contributed by atoms with E-state index in [1.165, 1.54) is 32.7 Å². The lowest BCUT2D eigenvalue weighted by Crippen LogP contribution is -2.38. The first-order chi connectivity index (χ1) is 21.8. The summed E-state index contributed by atoms with van der Waals surface area (Å²) in [7, 11) is 0. The van der Waals surface area contributed by atoms with Crippen molar-refractivity contribution >= 4 is 34.3 Å². The summed E-state index contributed by atoms with van der Waals surface area (Å²) in [4.78, 5) is 17.7. The fraction of sp³-hybridized carbons (Fsp3) is 0.0513. The highest BCUT2D eigenvalue weighted by Crippen LogP contribution is 2.50. The van der Waals surface area contributed by atoms with Gasteiger partial charge in [-0.15, -0.1) is 0 Å². The van der Waals surface area contributed by atoms with Crippen LogP contribution < -0.4 is 15.5 Å². The molecule has 9 rings (SSSR count). The molecular formula is C39H27N5. The van der Waals surface area contributed by atoms with E-state index in [9.17, 15) is 0 Å². The number of aromatic nitrogens is 4. The second kappa shape index (κ2) is 9.89. The normalized spacial score (nSPS) is 15.0. The van der Waals surface area contributed by atoms with Gasteiger partial charge in [0.05, 0.1) is 22.3 Å². The molecule has 1 atom stereocenters. The molecule has 0 spiro atoms. The predicted molar refractivity (Wildman–Crippen MR) is 177 cm³/mol. The molecule has 7 aromatic rings. The molecule has 1 aliphatic carbocycles. The number of para-hydroxylation sites is 3. The van der Waals surface area contributed by atoms with Crippen LogP contribution in [0.15, 0.2) is 140 Å². The Bertz CT molecular complexity index is 2250. The molecule has 0 bridgehead atoms. The SMILES string of the molecule is C1=c2c(n(-c3ccccc3)c3ccccc23)=C2C(C1)c1ccccc1N2c1nc(-c2ccccc2)nc(-c2ccccc2)n1. The summed E-state index contributed by atoms with van der Waals surface area (Å²) >= 11 is 0. The molecule has 0 fully saturated rings. The highest BCUT2D eigenvalue weighted by molar-refractivity contribution is 5.94. The van der Waals surface area contributed by atoms with Gasteiger partial charge in [-0.05, 0) is 36.2 Å². The van der Waals surface area contributed by atoms with E-state index in [0.29, 0.717) is 17.6 Å². The van der Waals surface area contributed by atoms with Crippen molar-refractivity contribution in [2.75, 3.05) is 4.90 Å². The van der Waals surface area contributed by atoms with Gasteiger partial charge in [-0.2, -0.15) is 9.97 Å². The van der Waals surface area contributed by atoms with E-state index in [2.05, 4.69) is 119 Å². The maximum absolute atomic E-state index is 5.19. The second-order valence-electron chi connectivity index (χ2n) is 11.2. The predicted octanol–water partition coefficient (Wildman–Crippen LogP) is 7.38. The molecule has 0 N–H and O–H groups in total.